The number of ether oxygens (including phenoxy) is 4. The van der Waals surface area contributed by atoms with Gasteiger partial charge in [-0.05, 0) is 46.5 Å². The molecule has 0 bridgehead atoms. The molecule has 2 aliphatic heterocycles. The van der Waals surface area contributed by atoms with Gasteiger partial charge in [-0.2, -0.15) is 0 Å². The van der Waals surface area contributed by atoms with Crippen LogP contribution in [-0.4, -0.2) is 47.4 Å². The summed E-state index contributed by atoms with van der Waals surface area (Å²) < 4.78 is 22.1. The summed E-state index contributed by atoms with van der Waals surface area (Å²) >= 11 is 0. The van der Waals surface area contributed by atoms with Gasteiger partial charge in [0.05, 0.1) is 12.8 Å². The predicted octanol–water partition coefficient (Wildman–Crippen LogP) is 4.57. The number of rotatable bonds is 9. The molecule has 9 nitrogen and oxygen atoms in total. The molecule has 6 rings (SSSR count). The molecular weight excluding hydrogens is 538 g/mol. The molecule has 4 aromatic carbocycles. The minimum Gasteiger partial charge on any atom is -0.480 e. The highest BCUT2D eigenvalue weighted by atomic mass is 16.7. The first-order chi connectivity index (χ1) is 20.5. The molecule has 0 spiro atoms. The maximum Gasteiger partial charge on any atom is 0.327 e. The number of benzene rings is 4. The Morgan fingerprint density at radius 1 is 0.619 bits per heavy atom. The van der Waals surface area contributed by atoms with Crippen LogP contribution in [0.1, 0.15) is 28.2 Å². The first kappa shape index (κ1) is 26.9. The molecule has 212 valence electrons. The van der Waals surface area contributed by atoms with Crippen LogP contribution < -0.4 is 18.9 Å². The van der Waals surface area contributed by atoms with Gasteiger partial charge in [-0.1, -0.05) is 72.8 Å². The number of carbonyl (C=O) groups is 3. The van der Waals surface area contributed by atoms with E-state index in [4.69, 9.17) is 18.9 Å². The van der Waals surface area contributed by atoms with E-state index in [-0.39, 0.29) is 26.4 Å². The topological polar surface area (TPSA) is 112 Å². The number of aliphatic carboxylic acids is 1. The second kappa shape index (κ2) is 11.7. The van der Waals surface area contributed by atoms with E-state index in [1.165, 1.54) is 0 Å². The summed E-state index contributed by atoms with van der Waals surface area (Å²) in [6, 6.07) is 26.5. The summed E-state index contributed by atoms with van der Waals surface area (Å²) in [5.74, 6) is -1.63. The van der Waals surface area contributed by atoms with Crippen molar-refractivity contribution >= 4 is 17.8 Å². The Kier molecular flexibility index (Phi) is 7.47. The molecule has 2 heterocycles. The minimum absolute atomic E-state index is 0.0348. The third-order valence-electron chi connectivity index (χ3n) is 7.29. The number of carbonyl (C=O) groups excluding carboxylic acids is 2. The molecule has 2 aliphatic rings. The molecule has 9 heteroatoms. The summed E-state index contributed by atoms with van der Waals surface area (Å²) in [4.78, 5) is 42.1. The molecule has 0 saturated carbocycles. The molecule has 0 fully saturated rings. The highest BCUT2D eigenvalue weighted by Gasteiger charge is 2.42. The number of hydrogen-bond donors (Lipinski definition) is 1. The van der Waals surface area contributed by atoms with Crippen LogP contribution in [0.5, 0.6) is 23.0 Å². The van der Waals surface area contributed by atoms with Gasteiger partial charge in [-0.3, -0.25) is 14.5 Å². The van der Waals surface area contributed by atoms with E-state index < -0.39 is 29.7 Å². The maximum atomic E-state index is 14.0. The second-order valence-electron chi connectivity index (χ2n) is 9.97. The van der Waals surface area contributed by atoms with Crippen LogP contribution in [0.4, 0.5) is 0 Å². The van der Waals surface area contributed by atoms with Crippen LogP contribution in [-0.2, 0) is 27.2 Å². The molecule has 1 unspecified atom stereocenters. The molecule has 4 aromatic rings. The molecule has 1 atom stereocenters. The minimum atomic E-state index is -1.60. The van der Waals surface area contributed by atoms with Crippen LogP contribution in [0.15, 0.2) is 97.1 Å². The highest BCUT2D eigenvalue weighted by molar-refractivity contribution is 6.01. The molecule has 0 aliphatic carbocycles. The fraction of sp³-hybridized carbons (Fsp3) is 0.182. The number of imide groups is 1. The smallest absolute Gasteiger partial charge is 0.327 e. The van der Waals surface area contributed by atoms with Gasteiger partial charge in [0.1, 0.15) is 6.04 Å². The quantitative estimate of drug-likeness (QED) is 0.314. The van der Waals surface area contributed by atoms with Gasteiger partial charge < -0.3 is 24.1 Å². The van der Waals surface area contributed by atoms with Crippen molar-refractivity contribution in [2.75, 3.05) is 13.6 Å². The zero-order valence-corrected chi connectivity index (χ0v) is 22.5. The molecule has 0 saturated heterocycles. The monoisotopic (exact) mass is 565 g/mol. The lowest BCUT2D eigenvalue weighted by Crippen LogP contribution is -2.53. The number of amides is 2. The van der Waals surface area contributed by atoms with Crippen LogP contribution in [0.3, 0.4) is 0 Å². The normalized spacial score (nSPS) is 13.5. The summed E-state index contributed by atoms with van der Waals surface area (Å²) in [5.41, 5.74) is 2.37. The lowest BCUT2D eigenvalue weighted by atomic mass is 9.83. The Labute approximate surface area is 241 Å². The van der Waals surface area contributed by atoms with E-state index in [1.807, 2.05) is 12.1 Å². The number of carboxylic acid groups (broad SMARTS) is 1. The van der Waals surface area contributed by atoms with Gasteiger partial charge in [0, 0.05) is 5.92 Å². The largest absolute Gasteiger partial charge is 0.480 e. The number of carboxylic acids is 1. The van der Waals surface area contributed by atoms with Crippen LogP contribution in [0.2, 0.25) is 0 Å². The van der Waals surface area contributed by atoms with Crippen LogP contribution in [0, 0.1) is 0 Å². The van der Waals surface area contributed by atoms with E-state index in [0.29, 0.717) is 45.3 Å². The van der Waals surface area contributed by atoms with Gasteiger partial charge in [-0.15, -0.1) is 0 Å². The average Bonchev–Trinajstić information content (AvgIpc) is 3.67. The van der Waals surface area contributed by atoms with Crippen LogP contribution in [0.25, 0.3) is 0 Å². The number of nitrogens with zero attached hydrogens (tertiary/aromatic N) is 1. The molecule has 0 radical (unpaired) electrons. The van der Waals surface area contributed by atoms with Gasteiger partial charge in [-0.25, -0.2) is 4.79 Å². The average molecular weight is 566 g/mol. The zero-order chi connectivity index (χ0) is 29.1. The lowest BCUT2D eigenvalue weighted by Gasteiger charge is -2.34. The van der Waals surface area contributed by atoms with Crippen LogP contribution >= 0.6 is 0 Å². The van der Waals surface area contributed by atoms with Crippen molar-refractivity contribution in [3.63, 3.8) is 0 Å². The highest BCUT2D eigenvalue weighted by Crippen LogP contribution is 2.42. The summed E-state index contributed by atoms with van der Waals surface area (Å²) in [6.45, 7) is 0.0696. The Hall–Kier alpha value is -5.31. The Morgan fingerprint density at radius 2 is 1.05 bits per heavy atom. The Bertz CT molecular complexity index is 1510. The van der Waals surface area contributed by atoms with Crippen molar-refractivity contribution < 1.29 is 38.4 Å². The summed E-state index contributed by atoms with van der Waals surface area (Å²) in [7, 11) is 0. The summed E-state index contributed by atoms with van der Waals surface area (Å²) in [5, 5.41) is 10.8. The van der Waals surface area contributed by atoms with Crippen molar-refractivity contribution in [2.45, 2.75) is 24.8 Å². The van der Waals surface area contributed by atoms with Gasteiger partial charge in [0.15, 0.2) is 23.0 Å². The van der Waals surface area contributed by atoms with Crippen molar-refractivity contribution in [3.05, 3.63) is 119 Å². The van der Waals surface area contributed by atoms with Crippen molar-refractivity contribution in [1.82, 2.24) is 4.90 Å². The van der Waals surface area contributed by atoms with Crippen molar-refractivity contribution in [2.24, 2.45) is 0 Å². The molecular formula is C33H27NO8. The molecule has 2 amide bonds. The molecule has 0 aromatic heterocycles. The maximum absolute atomic E-state index is 14.0. The third-order valence-corrected chi connectivity index (χ3v) is 7.29. The Balaban J connectivity index is 1.47. The predicted molar refractivity (Wildman–Crippen MR) is 151 cm³/mol. The second-order valence-corrected chi connectivity index (χ2v) is 9.97. The fourth-order valence-corrected chi connectivity index (χ4v) is 5.33. The van der Waals surface area contributed by atoms with E-state index >= 15 is 0 Å². The number of fused-ring (bicyclic) bond motifs is 2. The van der Waals surface area contributed by atoms with Gasteiger partial charge >= 0.3 is 5.97 Å². The fourth-order valence-electron chi connectivity index (χ4n) is 5.33. The SMILES string of the molecule is O=C(O)C(C(c1ccc2c(c1)OCO2)c1ccc2c(c1)OCO2)N(C(=O)Cc1ccccc1)C(=O)Cc1ccccc1. The third kappa shape index (κ3) is 5.49. The summed E-state index contributed by atoms with van der Waals surface area (Å²) in [6.07, 6.45) is -0.305. The Morgan fingerprint density at radius 3 is 1.48 bits per heavy atom. The zero-order valence-electron chi connectivity index (χ0n) is 22.5. The van der Waals surface area contributed by atoms with Crippen molar-refractivity contribution in [1.29, 1.82) is 0 Å². The molecule has 42 heavy (non-hydrogen) atoms. The van der Waals surface area contributed by atoms with E-state index in [9.17, 15) is 19.5 Å². The van der Waals surface area contributed by atoms with Gasteiger partial charge in [0.25, 0.3) is 0 Å². The van der Waals surface area contributed by atoms with E-state index in [1.54, 1.807) is 84.9 Å². The number of hydrogen-bond acceptors (Lipinski definition) is 7. The standard InChI is InChI=1S/C33H27NO8/c35-29(15-21-7-3-1-4-8-21)34(30(36)16-22-9-5-2-6-10-22)32(33(37)38)31(23-11-13-25-27(17-23)41-19-39-25)24-12-14-26-28(18-24)42-20-40-26/h1-14,17-18,31-32H,15-16,19-20H2,(H,37,38). The first-order valence-corrected chi connectivity index (χ1v) is 13.4. The van der Waals surface area contributed by atoms with Crippen molar-refractivity contribution in [3.8, 4) is 23.0 Å². The van der Waals surface area contributed by atoms with E-state index in [2.05, 4.69) is 0 Å². The van der Waals surface area contributed by atoms with E-state index in [0.717, 1.165) is 4.90 Å². The van der Waals surface area contributed by atoms with Gasteiger partial charge in [0.2, 0.25) is 25.4 Å². The lowest BCUT2D eigenvalue weighted by molar-refractivity contribution is -0.158. The first-order valence-electron chi connectivity index (χ1n) is 13.4. The molecule has 1 N–H and O–H groups in total.